The SMILES string of the molecule is CC(N)c1nc(CN(C)Cc2cccnc2)cs1. The van der Waals surface area contributed by atoms with Crippen LogP contribution in [0.1, 0.15) is 29.2 Å². The first-order valence-electron chi connectivity index (χ1n) is 5.92. The number of rotatable bonds is 5. The van der Waals surface area contributed by atoms with Gasteiger partial charge in [0.05, 0.1) is 11.7 Å². The van der Waals surface area contributed by atoms with Crippen LogP contribution >= 0.6 is 11.3 Å². The van der Waals surface area contributed by atoms with E-state index in [0.29, 0.717) is 0 Å². The van der Waals surface area contributed by atoms with Gasteiger partial charge in [-0.2, -0.15) is 0 Å². The van der Waals surface area contributed by atoms with E-state index in [1.54, 1.807) is 17.5 Å². The van der Waals surface area contributed by atoms with Gasteiger partial charge in [-0.1, -0.05) is 6.07 Å². The molecule has 0 amide bonds. The Balaban J connectivity index is 1.92. The van der Waals surface area contributed by atoms with Crippen molar-refractivity contribution in [2.24, 2.45) is 5.73 Å². The van der Waals surface area contributed by atoms with Crippen LogP contribution in [-0.4, -0.2) is 21.9 Å². The second-order valence-corrected chi connectivity index (χ2v) is 5.39. The molecule has 1 unspecified atom stereocenters. The lowest BCUT2D eigenvalue weighted by Gasteiger charge is -2.14. The summed E-state index contributed by atoms with van der Waals surface area (Å²) in [5.41, 5.74) is 8.10. The van der Waals surface area contributed by atoms with Gasteiger partial charge in [0.15, 0.2) is 0 Å². The molecule has 0 aliphatic carbocycles. The zero-order chi connectivity index (χ0) is 13.0. The number of hydrogen-bond acceptors (Lipinski definition) is 5. The lowest BCUT2D eigenvalue weighted by atomic mass is 10.2. The molecular weight excluding hydrogens is 244 g/mol. The summed E-state index contributed by atoms with van der Waals surface area (Å²) in [6.07, 6.45) is 3.68. The van der Waals surface area contributed by atoms with Gasteiger partial charge in [0.1, 0.15) is 5.01 Å². The van der Waals surface area contributed by atoms with Crippen molar-refractivity contribution in [3.05, 3.63) is 46.2 Å². The number of hydrogen-bond donors (Lipinski definition) is 1. The van der Waals surface area contributed by atoms with Crippen LogP contribution in [-0.2, 0) is 13.1 Å². The van der Waals surface area contributed by atoms with Crippen molar-refractivity contribution in [3.8, 4) is 0 Å². The minimum atomic E-state index is 0.0207. The number of thiazole rings is 1. The molecule has 0 aliphatic rings. The fourth-order valence-electron chi connectivity index (χ4n) is 1.74. The van der Waals surface area contributed by atoms with Crippen molar-refractivity contribution in [1.82, 2.24) is 14.9 Å². The number of aromatic nitrogens is 2. The highest BCUT2D eigenvalue weighted by Gasteiger charge is 2.08. The normalized spacial score (nSPS) is 12.9. The first-order valence-corrected chi connectivity index (χ1v) is 6.80. The average Bonchev–Trinajstić information content (AvgIpc) is 2.78. The van der Waals surface area contributed by atoms with E-state index < -0.39 is 0 Å². The summed E-state index contributed by atoms with van der Waals surface area (Å²) in [6, 6.07) is 4.06. The van der Waals surface area contributed by atoms with E-state index in [0.717, 1.165) is 23.8 Å². The van der Waals surface area contributed by atoms with E-state index in [-0.39, 0.29) is 6.04 Å². The molecule has 0 radical (unpaired) electrons. The molecule has 2 heterocycles. The van der Waals surface area contributed by atoms with Gasteiger partial charge in [-0.15, -0.1) is 11.3 Å². The summed E-state index contributed by atoms with van der Waals surface area (Å²) in [5.74, 6) is 0. The first-order chi connectivity index (χ1) is 8.65. The number of pyridine rings is 1. The molecule has 18 heavy (non-hydrogen) atoms. The Morgan fingerprint density at radius 3 is 2.89 bits per heavy atom. The van der Waals surface area contributed by atoms with Crippen LogP contribution in [0.25, 0.3) is 0 Å². The van der Waals surface area contributed by atoms with Crippen molar-refractivity contribution in [1.29, 1.82) is 0 Å². The van der Waals surface area contributed by atoms with Crippen LogP contribution in [0.2, 0.25) is 0 Å². The summed E-state index contributed by atoms with van der Waals surface area (Å²) >= 11 is 1.63. The van der Waals surface area contributed by atoms with Crippen molar-refractivity contribution in [2.75, 3.05) is 7.05 Å². The Bertz CT molecular complexity index is 481. The van der Waals surface area contributed by atoms with Crippen LogP contribution in [0.4, 0.5) is 0 Å². The van der Waals surface area contributed by atoms with Gasteiger partial charge in [-0.25, -0.2) is 4.98 Å². The van der Waals surface area contributed by atoms with Crippen LogP contribution in [0.15, 0.2) is 29.9 Å². The Kier molecular flexibility index (Phi) is 4.41. The third kappa shape index (κ3) is 3.60. The summed E-state index contributed by atoms with van der Waals surface area (Å²) in [7, 11) is 2.08. The van der Waals surface area contributed by atoms with Gasteiger partial charge in [0, 0.05) is 30.9 Å². The third-order valence-corrected chi connectivity index (χ3v) is 3.66. The first kappa shape index (κ1) is 13.1. The second-order valence-electron chi connectivity index (χ2n) is 4.50. The Labute approximate surface area is 111 Å². The largest absolute Gasteiger partial charge is 0.322 e. The summed E-state index contributed by atoms with van der Waals surface area (Å²) < 4.78 is 0. The molecule has 2 aromatic rings. The molecule has 1 atom stereocenters. The molecule has 2 aromatic heterocycles. The van der Waals surface area contributed by atoms with Crippen LogP contribution in [0.3, 0.4) is 0 Å². The third-order valence-electron chi connectivity index (χ3n) is 2.57. The van der Waals surface area contributed by atoms with E-state index in [4.69, 9.17) is 5.73 Å². The standard InChI is InChI=1S/C13H18N4S/c1-10(14)13-16-12(9-18-13)8-17(2)7-11-4-3-5-15-6-11/h3-6,9-10H,7-8,14H2,1-2H3. The Hall–Kier alpha value is -1.30. The highest BCUT2D eigenvalue weighted by molar-refractivity contribution is 7.09. The zero-order valence-electron chi connectivity index (χ0n) is 10.7. The minimum Gasteiger partial charge on any atom is -0.322 e. The highest BCUT2D eigenvalue weighted by atomic mass is 32.1. The van der Waals surface area contributed by atoms with Crippen LogP contribution in [0.5, 0.6) is 0 Å². The zero-order valence-corrected chi connectivity index (χ0v) is 11.5. The fraction of sp³-hybridized carbons (Fsp3) is 0.385. The second kappa shape index (κ2) is 6.04. The average molecular weight is 262 g/mol. The summed E-state index contributed by atoms with van der Waals surface area (Å²) in [5, 5.41) is 3.08. The molecule has 0 fully saturated rings. The number of nitrogens with two attached hydrogens (primary N) is 1. The number of nitrogens with zero attached hydrogens (tertiary/aromatic N) is 3. The molecular formula is C13H18N4S. The van der Waals surface area contributed by atoms with E-state index in [1.165, 1.54) is 5.56 Å². The summed E-state index contributed by atoms with van der Waals surface area (Å²) in [6.45, 7) is 3.67. The maximum absolute atomic E-state index is 5.81. The molecule has 2 rings (SSSR count). The van der Waals surface area contributed by atoms with E-state index in [2.05, 4.69) is 33.4 Å². The van der Waals surface area contributed by atoms with Gasteiger partial charge >= 0.3 is 0 Å². The van der Waals surface area contributed by atoms with Gasteiger partial charge in [-0.05, 0) is 25.6 Å². The Morgan fingerprint density at radius 1 is 1.44 bits per heavy atom. The van der Waals surface area contributed by atoms with Gasteiger partial charge in [0.25, 0.3) is 0 Å². The molecule has 4 nitrogen and oxygen atoms in total. The molecule has 0 saturated carbocycles. The molecule has 0 saturated heterocycles. The van der Waals surface area contributed by atoms with Gasteiger partial charge in [0.2, 0.25) is 0 Å². The molecule has 5 heteroatoms. The van der Waals surface area contributed by atoms with Gasteiger partial charge < -0.3 is 5.73 Å². The maximum atomic E-state index is 5.81. The van der Waals surface area contributed by atoms with Crippen molar-refractivity contribution in [2.45, 2.75) is 26.1 Å². The molecule has 0 bridgehead atoms. The lowest BCUT2D eigenvalue weighted by molar-refractivity contribution is 0.315. The summed E-state index contributed by atoms with van der Waals surface area (Å²) in [4.78, 5) is 10.9. The molecule has 0 spiro atoms. The molecule has 0 aromatic carbocycles. The fourth-order valence-corrected chi connectivity index (χ4v) is 2.51. The smallest absolute Gasteiger partial charge is 0.109 e. The van der Waals surface area contributed by atoms with Crippen molar-refractivity contribution >= 4 is 11.3 Å². The van der Waals surface area contributed by atoms with E-state index >= 15 is 0 Å². The Morgan fingerprint density at radius 2 is 2.28 bits per heavy atom. The predicted molar refractivity (Wildman–Crippen MR) is 74.1 cm³/mol. The monoisotopic (exact) mass is 262 g/mol. The van der Waals surface area contributed by atoms with E-state index in [9.17, 15) is 0 Å². The van der Waals surface area contributed by atoms with Crippen molar-refractivity contribution in [3.63, 3.8) is 0 Å². The maximum Gasteiger partial charge on any atom is 0.109 e. The molecule has 0 aliphatic heterocycles. The van der Waals surface area contributed by atoms with Crippen LogP contribution in [0, 0.1) is 0 Å². The van der Waals surface area contributed by atoms with Crippen molar-refractivity contribution < 1.29 is 0 Å². The van der Waals surface area contributed by atoms with Crippen LogP contribution < -0.4 is 5.73 Å². The lowest BCUT2D eigenvalue weighted by Crippen LogP contribution is -2.17. The minimum absolute atomic E-state index is 0.0207. The quantitative estimate of drug-likeness (QED) is 0.897. The molecule has 96 valence electrons. The van der Waals surface area contributed by atoms with E-state index in [1.807, 2.05) is 19.2 Å². The topological polar surface area (TPSA) is 55.0 Å². The highest BCUT2D eigenvalue weighted by Crippen LogP contribution is 2.17. The van der Waals surface area contributed by atoms with Gasteiger partial charge in [-0.3, -0.25) is 9.88 Å². The molecule has 2 N–H and O–H groups in total. The predicted octanol–water partition coefficient (Wildman–Crippen LogP) is 2.19.